The van der Waals surface area contributed by atoms with Crippen LogP contribution in [0, 0.1) is 0 Å². The van der Waals surface area contributed by atoms with Crippen LogP contribution in [0.15, 0.2) is 28.9 Å². The van der Waals surface area contributed by atoms with Crippen LogP contribution >= 0.6 is 0 Å². The largest absolute Gasteiger partial charge is 0.490 e. The standard InChI is InChI=1S/C29H44N2O7/c1-8-10-20(2)31(27(32)25-19-30(12-16-36-25)28(33)38-29(4,5)6)21(3)23-17-22-11-15-37-26(22)24(18-23)35-14-9-13-34-7/h11,15,17-18,20-21,25H,8-10,12-14,16,19H2,1-7H3. The Morgan fingerprint density at radius 1 is 1.21 bits per heavy atom. The molecule has 0 aliphatic carbocycles. The molecule has 3 unspecified atom stereocenters. The fraction of sp³-hybridized carbons (Fsp3) is 0.655. The van der Waals surface area contributed by atoms with Crippen molar-refractivity contribution in [2.45, 2.75) is 84.6 Å². The van der Waals surface area contributed by atoms with E-state index in [-0.39, 0.29) is 31.1 Å². The highest BCUT2D eigenvalue weighted by Gasteiger charge is 2.37. The fourth-order valence-electron chi connectivity index (χ4n) is 4.77. The van der Waals surface area contributed by atoms with Crippen molar-refractivity contribution >= 4 is 23.0 Å². The smallest absolute Gasteiger partial charge is 0.410 e. The summed E-state index contributed by atoms with van der Waals surface area (Å²) in [6.45, 7) is 13.6. The molecule has 212 valence electrons. The molecule has 1 saturated heterocycles. The van der Waals surface area contributed by atoms with Gasteiger partial charge in [0.1, 0.15) is 5.60 Å². The van der Waals surface area contributed by atoms with E-state index in [4.69, 9.17) is 23.4 Å². The van der Waals surface area contributed by atoms with Crippen LogP contribution in [0.25, 0.3) is 11.0 Å². The van der Waals surface area contributed by atoms with Crippen LogP contribution in [-0.2, 0) is 19.0 Å². The predicted molar refractivity (Wildman–Crippen MR) is 145 cm³/mol. The molecule has 3 atom stereocenters. The molecule has 9 heteroatoms. The third-order valence-electron chi connectivity index (χ3n) is 6.62. The molecule has 2 amide bonds. The lowest BCUT2D eigenvalue weighted by atomic mass is 10.00. The number of morpholine rings is 1. The lowest BCUT2D eigenvalue weighted by molar-refractivity contribution is -0.153. The Balaban J connectivity index is 1.86. The Labute approximate surface area is 226 Å². The van der Waals surface area contributed by atoms with E-state index < -0.39 is 17.8 Å². The first kappa shape index (κ1) is 29.8. The van der Waals surface area contributed by atoms with E-state index in [1.54, 1.807) is 18.3 Å². The van der Waals surface area contributed by atoms with Gasteiger partial charge in [0.2, 0.25) is 0 Å². The van der Waals surface area contributed by atoms with Gasteiger partial charge in [0.05, 0.1) is 32.1 Å². The highest BCUT2D eigenvalue weighted by atomic mass is 16.6. The second kappa shape index (κ2) is 13.3. The van der Waals surface area contributed by atoms with Gasteiger partial charge in [0, 0.05) is 38.1 Å². The Hall–Kier alpha value is -2.78. The SMILES string of the molecule is CCCC(C)N(C(=O)C1CN(C(=O)OC(C)(C)C)CCO1)C(C)c1cc(OCCCOC)c2occc2c1. The van der Waals surface area contributed by atoms with Crippen molar-refractivity contribution in [3.8, 4) is 5.75 Å². The van der Waals surface area contributed by atoms with Gasteiger partial charge in [0.15, 0.2) is 17.4 Å². The molecule has 0 radical (unpaired) electrons. The Kier molecular flexibility index (Phi) is 10.4. The first-order valence-corrected chi connectivity index (χ1v) is 13.6. The molecule has 0 bridgehead atoms. The number of ether oxygens (including phenoxy) is 4. The number of furan rings is 1. The highest BCUT2D eigenvalue weighted by Crippen LogP contribution is 2.35. The quantitative estimate of drug-likeness (QED) is 0.350. The monoisotopic (exact) mass is 532 g/mol. The molecule has 0 N–H and O–H groups in total. The van der Waals surface area contributed by atoms with Crippen LogP contribution in [0.2, 0.25) is 0 Å². The number of rotatable bonds is 11. The topological polar surface area (TPSA) is 90.7 Å². The molecule has 1 aromatic carbocycles. The van der Waals surface area contributed by atoms with Crippen molar-refractivity contribution in [2.75, 3.05) is 40.0 Å². The summed E-state index contributed by atoms with van der Waals surface area (Å²) < 4.78 is 28.3. The molecule has 2 heterocycles. The van der Waals surface area contributed by atoms with Gasteiger partial charge in [-0.1, -0.05) is 13.3 Å². The molecule has 3 rings (SSSR count). The van der Waals surface area contributed by atoms with E-state index >= 15 is 0 Å². The molecule has 38 heavy (non-hydrogen) atoms. The minimum absolute atomic E-state index is 0.0332. The maximum absolute atomic E-state index is 14.0. The zero-order valence-electron chi connectivity index (χ0n) is 24.0. The summed E-state index contributed by atoms with van der Waals surface area (Å²) in [5.41, 5.74) is 1.01. The van der Waals surface area contributed by atoms with Crippen LogP contribution in [-0.4, -0.2) is 79.6 Å². The van der Waals surface area contributed by atoms with Crippen molar-refractivity contribution in [1.82, 2.24) is 9.80 Å². The van der Waals surface area contributed by atoms with Crippen molar-refractivity contribution in [1.29, 1.82) is 0 Å². The Morgan fingerprint density at radius 2 is 1.97 bits per heavy atom. The molecule has 1 aliphatic rings. The van der Waals surface area contributed by atoms with Crippen LogP contribution in [0.4, 0.5) is 4.79 Å². The third kappa shape index (κ3) is 7.63. The van der Waals surface area contributed by atoms with Crippen molar-refractivity contribution in [3.63, 3.8) is 0 Å². The van der Waals surface area contributed by atoms with E-state index in [0.29, 0.717) is 31.1 Å². The lowest BCUT2D eigenvalue weighted by Gasteiger charge is -2.40. The minimum Gasteiger partial charge on any atom is -0.490 e. The lowest BCUT2D eigenvalue weighted by Crippen LogP contribution is -2.55. The van der Waals surface area contributed by atoms with Crippen molar-refractivity contribution in [2.24, 2.45) is 0 Å². The number of nitrogens with zero attached hydrogens (tertiary/aromatic N) is 2. The number of benzene rings is 1. The summed E-state index contributed by atoms with van der Waals surface area (Å²) in [7, 11) is 1.67. The van der Waals surface area contributed by atoms with Gasteiger partial charge in [-0.25, -0.2) is 4.79 Å². The second-order valence-electron chi connectivity index (χ2n) is 10.9. The molecule has 2 aromatic rings. The molecule has 0 saturated carbocycles. The predicted octanol–water partition coefficient (Wildman–Crippen LogP) is 5.56. The minimum atomic E-state index is -0.763. The van der Waals surface area contributed by atoms with Crippen molar-refractivity contribution in [3.05, 3.63) is 30.0 Å². The van der Waals surface area contributed by atoms with E-state index in [2.05, 4.69) is 13.8 Å². The molecule has 1 aromatic heterocycles. The molecule has 9 nitrogen and oxygen atoms in total. The summed E-state index contributed by atoms with van der Waals surface area (Å²) in [5.74, 6) is 0.507. The zero-order valence-corrected chi connectivity index (χ0v) is 24.0. The maximum atomic E-state index is 14.0. The van der Waals surface area contributed by atoms with Gasteiger partial charge in [-0.05, 0) is 64.8 Å². The number of hydrogen-bond donors (Lipinski definition) is 0. The van der Waals surface area contributed by atoms with Gasteiger partial charge in [-0.15, -0.1) is 0 Å². The van der Waals surface area contributed by atoms with Crippen LogP contribution in [0.1, 0.15) is 72.4 Å². The van der Waals surface area contributed by atoms with Crippen LogP contribution in [0.3, 0.4) is 0 Å². The summed E-state index contributed by atoms with van der Waals surface area (Å²) >= 11 is 0. The zero-order chi connectivity index (χ0) is 27.9. The van der Waals surface area contributed by atoms with Crippen LogP contribution < -0.4 is 4.74 Å². The molecule has 0 spiro atoms. The van der Waals surface area contributed by atoms with Crippen LogP contribution in [0.5, 0.6) is 5.75 Å². The van der Waals surface area contributed by atoms with E-state index in [0.717, 1.165) is 30.2 Å². The van der Waals surface area contributed by atoms with Crippen molar-refractivity contribution < 1.29 is 33.0 Å². The molecular weight excluding hydrogens is 488 g/mol. The van der Waals surface area contributed by atoms with E-state index in [1.165, 1.54) is 0 Å². The van der Waals surface area contributed by atoms with E-state index in [1.807, 2.05) is 50.8 Å². The summed E-state index contributed by atoms with van der Waals surface area (Å²) in [6, 6.07) is 5.60. The molecular formula is C29H44N2O7. The average Bonchev–Trinajstić information content (AvgIpc) is 3.35. The number of carbonyl (C=O) groups excluding carboxylic acids is 2. The van der Waals surface area contributed by atoms with E-state index in [9.17, 15) is 9.59 Å². The van der Waals surface area contributed by atoms with Gasteiger partial charge in [0.25, 0.3) is 5.91 Å². The molecule has 1 fully saturated rings. The number of methoxy groups -OCH3 is 1. The average molecular weight is 533 g/mol. The first-order valence-electron chi connectivity index (χ1n) is 13.6. The molecule has 1 aliphatic heterocycles. The first-order chi connectivity index (χ1) is 18.1. The Morgan fingerprint density at radius 3 is 2.66 bits per heavy atom. The van der Waals surface area contributed by atoms with Gasteiger partial charge in [-0.2, -0.15) is 0 Å². The van der Waals surface area contributed by atoms with Gasteiger partial charge < -0.3 is 33.2 Å². The second-order valence-corrected chi connectivity index (χ2v) is 10.9. The van der Waals surface area contributed by atoms with Gasteiger partial charge in [-0.3, -0.25) is 4.79 Å². The fourth-order valence-corrected chi connectivity index (χ4v) is 4.77. The normalized spacial score (nSPS) is 17.8. The number of carbonyl (C=O) groups is 2. The Bertz CT molecular complexity index is 1060. The highest BCUT2D eigenvalue weighted by molar-refractivity contribution is 5.85. The maximum Gasteiger partial charge on any atom is 0.410 e. The number of amides is 2. The number of fused-ring (bicyclic) bond motifs is 1. The third-order valence-corrected chi connectivity index (χ3v) is 6.62. The summed E-state index contributed by atoms with van der Waals surface area (Å²) in [5, 5.41) is 0.914. The number of hydrogen-bond acceptors (Lipinski definition) is 7. The summed E-state index contributed by atoms with van der Waals surface area (Å²) in [4.78, 5) is 30.1. The summed E-state index contributed by atoms with van der Waals surface area (Å²) in [6.07, 6.45) is 2.98. The van der Waals surface area contributed by atoms with Gasteiger partial charge >= 0.3 is 6.09 Å².